The van der Waals surface area contributed by atoms with Crippen molar-refractivity contribution in [1.82, 2.24) is 0 Å². The summed E-state index contributed by atoms with van der Waals surface area (Å²) in [4.78, 5) is 12.8. The molecule has 2 aliphatic rings. The highest BCUT2D eigenvalue weighted by Gasteiger charge is 2.36. The minimum absolute atomic E-state index is 0.186. The van der Waals surface area contributed by atoms with E-state index < -0.39 is 0 Å². The molecule has 3 aromatic rings. The van der Waals surface area contributed by atoms with Gasteiger partial charge in [0.05, 0.1) is 5.69 Å². The standard InChI is InChI=1S/C23H19NO2/c25-19-10-4-3-8-16(19)21-17-13-12-14-6-1-2-7-15(14)23(17)24-18-9-5-11-20(26)22(18)21/h1-4,6-8,10,12-13,21,24-25H,5,9,11H2. The van der Waals surface area contributed by atoms with Crippen LogP contribution in [0.4, 0.5) is 5.69 Å². The van der Waals surface area contributed by atoms with Gasteiger partial charge in [0.15, 0.2) is 5.78 Å². The lowest BCUT2D eigenvalue weighted by atomic mass is 9.74. The third-order valence-electron chi connectivity index (χ3n) is 5.54. The van der Waals surface area contributed by atoms with Gasteiger partial charge in [-0.15, -0.1) is 0 Å². The van der Waals surface area contributed by atoms with E-state index in [1.54, 1.807) is 6.07 Å². The smallest absolute Gasteiger partial charge is 0.161 e. The average molecular weight is 341 g/mol. The zero-order chi connectivity index (χ0) is 17.7. The van der Waals surface area contributed by atoms with Crippen LogP contribution >= 0.6 is 0 Å². The van der Waals surface area contributed by atoms with E-state index in [-0.39, 0.29) is 17.5 Å². The van der Waals surface area contributed by atoms with E-state index in [2.05, 4.69) is 29.6 Å². The van der Waals surface area contributed by atoms with Crippen LogP contribution in [0.3, 0.4) is 0 Å². The molecule has 0 spiro atoms. The molecule has 3 aromatic carbocycles. The Morgan fingerprint density at radius 3 is 2.58 bits per heavy atom. The molecule has 1 aliphatic heterocycles. The summed E-state index contributed by atoms with van der Waals surface area (Å²) in [5, 5.41) is 16.4. The lowest BCUT2D eigenvalue weighted by molar-refractivity contribution is -0.116. The number of Topliss-reactive ketones (excluding diaryl/α,β-unsaturated/α-hetero) is 1. The Labute approximate surface area is 152 Å². The monoisotopic (exact) mass is 341 g/mol. The van der Waals surface area contributed by atoms with Gasteiger partial charge in [-0.25, -0.2) is 0 Å². The summed E-state index contributed by atoms with van der Waals surface area (Å²) in [5.74, 6) is 0.203. The molecule has 0 bridgehead atoms. The predicted octanol–water partition coefficient (Wildman–Crippen LogP) is 5.11. The molecule has 128 valence electrons. The van der Waals surface area contributed by atoms with Crippen molar-refractivity contribution in [3.63, 3.8) is 0 Å². The Bertz CT molecular complexity index is 1080. The van der Waals surface area contributed by atoms with Crippen LogP contribution in [0.2, 0.25) is 0 Å². The second kappa shape index (κ2) is 5.73. The summed E-state index contributed by atoms with van der Waals surface area (Å²) < 4.78 is 0. The van der Waals surface area contributed by atoms with E-state index in [9.17, 15) is 9.90 Å². The van der Waals surface area contributed by atoms with Gasteiger partial charge in [-0.05, 0) is 29.9 Å². The van der Waals surface area contributed by atoms with Crippen LogP contribution in [0.25, 0.3) is 10.8 Å². The molecule has 0 saturated heterocycles. The molecule has 0 radical (unpaired) electrons. The first-order valence-electron chi connectivity index (χ1n) is 9.07. The van der Waals surface area contributed by atoms with Crippen LogP contribution in [-0.2, 0) is 4.79 Å². The highest BCUT2D eigenvalue weighted by atomic mass is 16.3. The number of benzene rings is 3. The Hall–Kier alpha value is -3.07. The van der Waals surface area contributed by atoms with Crippen molar-refractivity contribution in [3.8, 4) is 5.75 Å². The second-order valence-corrected chi connectivity index (χ2v) is 7.04. The third-order valence-corrected chi connectivity index (χ3v) is 5.54. The molecule has 0 fully saturated rings. The quantitative estimate of drug-likeness (QED) is 0.646. The van der Waals surface area contributed by atoms with Crippen LogP contribution in [0.1, 0.15) is 36.3 Å². The molecule has 5 rings (SSSR count). The Morgan fingerprint density at radius 2 is 1.69 bits per heavy atom. The highest BCUT2D eigenvalue weighted by molar-refractivity contribution is 6.05. The van der Waals surface area contributed by atoms with Crippen molar-refractivity contribution in [2.45, 2.75) is 25.2 Å². The van der Waals surface area contributed by atoms with E-state index in [4.69, 9.17) is 0 Å². The minimum atomic E-state index is -0.222. The molecular formula is C23H19NO2. The van der Waals surface area contributed by atoms with E-state index >= 15 is 0 Å². The molecule has 0 amide bonds. The number of allylic oxidation sites excluding steroid dienone is 2. The molecule has 26 heavy (non-hydrogen) atoms. The normalized spacial score (nSPS) is 19.1. The van der Waals surface area contributed by atoms with E-state index in [1.807, 2.05) is 30.3 Å². The minimum Gasteiger partial charge on any atom is -0.508 e. The van der Waals surface area contributed by atoms with E-state index in [0.717, 1.165) is 46.3 Å². The highest BCUT2D eigenvalue weighted by Crippen LogP contribution is 2.49. The van der Waals surface area contributed by atoms with Gasteiger partial charge in [-0.3, -0.25) is 4.79 Å². The van der Waals surface area contributed by atoms with Crippen molar-refractivity contribution >= 4 is 22.2 Å². The Morgan fingerprint density at radius 1 is 0.885 bits per heavy atom. The predicted molar refractivity (Wildman–Crippen MR) is 103 cm³/mol. The maximum Gasteiger partial charge on any atom is 0.161 e. The average Bonchev–Trinajstić information content (AvgIpc) is 2.67. The van der Waals surface area contributed by atoms with Crippen LogP contribution in [0.5, 0.6) is 5.75 Å². The summed E-state index contributed by atoms with van der Waals surface area (Å²) >= 11 is 0. The fraction of sp³-hybridized carbons (Fsp3) is 0.174. The SMILES string of the molecule is O=C1CCCC2=C1C(c1ccccc1O)c1ccc3ccccc3c1N2. The first-order chi connectivity index (χ1) is 12.7. The number of nitrogens with one attached hydrogen (secondary N) is 1. The van der Waals surface area contributed by atoms with Crippen LogP contribution in [0.15, 0.2) is 71.9 Å². The number of rotatable bonds is 1. The molecule has 3 heteroatoms. The maximum atomic E-state index is 12.8. The van der Waals surface area contributed by atoms with Gasteiger partial charge in [0.25, 0.3) is 0 Å². The van der Waals surface area contributed by atoms with Crippen molar-refractivity contribution in [3.05, 3.63) is 83.1 Å². The molecule has 2 N–H and O–H groups in total. The van der Waals surface area contributed by atoms with Crippen molar-refractivity contribution in [2.24, 2.45) is 0 Å². The number of anilines is 1. The van der Waals surface area contributed by atoms with E-state index in [1.165, 1.54) is 5.39 Å². The van der Waals surface area contributed by atoms with E-state index in [0.29, 0.717) is 6.42 Å². The fourth-order valence-corrected chi connectivity index (χ4v) is 4.36. The molecule has 0 aromatic heterocycles. The molecule has 1 aliphatic carbocycles. The Balaban J connectivity index is 1.83. The van der Waals surface area contributed by atoms with Gasteiger partial charge in [0, 0.05) is 34.6 Å². The zero-order valence-corrected chi connectivity index (χ0v) is 14.3. The van der Waals surface area contributed by atoms with Gasteiger partial charge in [-0.1, -0.05) is 54.6 Å². The lowest BCUT2D eigenvalue weighted by Crippen LogP contribution is -2.27. The number of carbonyl (C=O) groups is 1. The largest absolute Gasteiger partial charge is 0.508 e. The fourth-order valence-electron chi connectivity index (χ4n) is 4.36. The number of ketones is 1. The summed E-state index contributed by atoms with van der Waals surface area (Å²) in [6.45, 7) is 0. The molecule has 1 atom stereocenters. The molecular weight excluding hydrogens is 322 g/mol. The molecule has 1 heterocycles. The molecule has 0 saturated carbocycles. The number of aromatic hydroxyl groups is 1. The molecule has 1 unspecified atom stereocenters. The van der Waals surface area contributed by atoms with Crippen LogP contribution in [0, 0.1) is 0 Å². The molecule has 3 nitrogen and oxygen atoms in total. The second-order valence-electron chi connectivity index (χ2n) is 7.04. The van der Waals surface area contributed by atoms with Gasteiger partial charge in [-0.2, -0.15) is 0 Å². The first kappa shape index (κ1) is 15.2. The topological polar surface area (TPSA) is 49.3 Å². The number of para-hydroxylation sites is 1. The summed E-state index contributed by atoms with van der Waals surface area (Å²) in [7, 11) is 0. The number of fused-ring (bicyclic) bond motifs is 3. The van der Waals surface area contributed by atoms with Crippen molar-refractivity contribution in [1.29, 1.82) is 0 Å². The zero-order valence-electron chi connectivity index (χ0n) is 14.3. The lowest BCUT2D eigenvalue weighted by Gasteiger charge is -2.35. The van der Waals surface area contributed by atoms with Crippen molar-refractivity contribution < 1.29 is 9.90 Å². The summed E-state index contributed by atoms with van der Waals surface area (Å²) in [5.41, 5.74) is 4.75. The van der Waals surface area contributed by atoms with Gasteiger partial charge < -0.3 is 10.4 Å². The van der Waals surface area contributed by atoms with Gasteiger partial charge in [0.2, 0.25) is 0 Å². The number of phenolic OH excluding ortho intramolecular Hbond substituents is 1. The van der Waals surface area contributed by atoms with Gasteiger partial charge in [0.1, 0.15) is 5.75 Å². The third kappa shape index (κ3) is 2.17. The number of phenols is 1. The van der Waals surface area contributed by atoms with Gasteiger partial charge >= 0.3 is 0 Å². The Kier molecular flexibility index (Phi) is 3.35. The number of hydrogen-bond acceptors (Lipinski definition) is 3. The first-order valence-corrected chi connectivity index (χ1v) is 9.07. The number of carbonyl (C=O) groups excluding carboxylic acids is 1. The van der Waals surface area contributed by atoms with Crippen LogP contribution in [-0.4, -0.2) is 10.9 Å². The maximum absolute atomic E-state index is 12.8. The van der Waals surface area contributed by atoms with Crippen LogP contribution < -0.4 is 5.32 Å². The summed E-state index contributed by atoms with van der Waals surface area (Å²) in [6, 6.07) is 19.8. The summed E-state index contributed by atoms with van der Waals surface area (Å²) in [6.07, 6.45) is 2.32. The number of hydrogen-bond donors (Lipinski definition) is 2. The van der Waals surface area contributed by atoms with Crippen molar-refractivity contribution in [2.75, 3.05) is 5.32 Å².